The van der Waals surface area contributed by atoms with E-state index in [9.17, 15) is 22.8 Å². The quantitative estimate of drug-likeness (QED) is 0.307. The Kier molecular flexibility index (Phi) is 7.87. The van der Waals surface area contributed by atoms with Crippen LogP contribution < -0.4 is 0 Å². The number of alkyl halides is 3. The highest BCUT2D eigenvalue weighted by Gasteiger charge is 2.36. The largest absolute Gasteiger partial charge is 0.432 e. The molecule has 0 bridgehead atoms. The van der Waals surface area contributed by atoms with Gasteiger partial charge in [-0.3, -0.25) is 9.59 Å². The Morgan fingerprint density at radius 3 is 2.04 bits per heavy atom. The molecule has 0 atom stereocenters. The Balaban J connectivity index is 3.28. The SMILES string of the molecule is CCc1cc(C)cc(CC)c1C(=O)C(=O)N(C)/N=C(/CSC)C(F)(F)F. The van der Waals surface area contributed by atoms with E-state index in [0.29, 0.717) is 29.0 Å². The summed E-state index contributed by atoms with van der Waals surface area (Å²) in [5.41, 5.74) is 1.54. The monoisotopic (exact) mass is 388 g/mol. The number of rotatable bonds is 7. The summed E-state index contributed by atoms with van der Waals surface area (Å²) >= 11 is 0.935. The van der Waals surface area contributed by atoms with Crippen molar-refractivity contribution in [1.29, 1.82) is 0 Å². The fraction of sp³-hybridized carbons (Fsp3) is 0.500. The van der Waals surface area contributed by atoms with Crippen molar-refractivity contribution in [3.63, 3.8) is 0 Å². The van der Waals surface area contributed by atoms with E-state index in [1.54, 1.807) is 0 Å². The van der Waals surface area contributed by atoms with Crippen LogP contribution >= 0.6 is 11.8 Å². The Morgan fingerprint density at radius 1 is 1.15 bits per heavy atom. The molecule has 1 rings (SSSR count). The van der Waals surface area contributed by atoms with E-state index in [1.807, 2.05) is 32.9 Å². The van der Waals surface area contributed by atoms with Gasteiger partial charge < -0.3 is 0 Å². The molecule has 0 heterocycles. The Hall–Kier alpha value is -1.83. The van der Waals surface area contributed by atoms with Crippen molar-refractivity contribution < 1.29 is 22.8 Å². The number of benzene rings is 1. The predicted octanol–water partition coefficient (Wildman–Crippen LogP) is 4.04. The molecule has 1 amide bonds. The lowest BCUT2D eigenvalue weighted by Gasteiger charge is -2.17. The Morgan fingerprint density at radius 2 is 1.65 bits per heavy atom. The first kappa shape index (κ1) is 22.2. The third-order valence-electron chi connectivity index (χ3n) is 3.80. The van der Waals surface area contributed by atoms with E-state index in [0.717, 1.165) is 24.4 Å². The number of amides is 1. The molecule has 0 spiro atoms. The normalized spacial score (nSPS) is 12.2. The molecule has 0 N–H and O–H groups in total. The van der Waals surface area contributed by atoms with E-state index in [-0.39, 0.29) is 5.56 Å². The van der Waals surface area contributed by atoms with Gasteiger partial charge in [-0.1, -0.05) is 31.5 Å². The molecule has 1 aromatic carbocycles. The van der Waals surface area contributed by atoms with Crippen LogP contribution in [0.4, 0.5) is 13.2 Å². The fourth-order valence-corrected chi connectivity index (χ4v) is 3.07. The number of thioether (sulfide) groups is 1. The van der Waals surface area contributed by atoms with Crippen molar-refractivity contribution in [3.05, 3.63) is 34.4 Å². The summed E-state index contributed by atoms with van der Waals surface area (Å²) in [7, 11) is 1.07. The standard InChI is InChI=1S/C18H23F3N2O2S/c1-6-12-8-11(3)9-13(7-2)15(12)16(24)17(25)23(4)22-14(10-26-5)18(19,20)21/h8-9H,6-7,10H2,1-5H3/b22-14-. The fourth-order valence-electron chi connectivity index (χ4n) is 2.58. The Bertz CT molecular complexity index is 690. The van der Waals surface area contributed by atoms with Crippen molar-refractivity contribution in [1.82, 2.24) is 5.01 Å². The lowest BCUT2D eigenvalue weighted by atomic mass is 9.92. The van der Waals surface area contributed by atoms with Gasteiger partial charge in [0.1, 0.15) is 0 Å². The molecule has 0 aliphatic rings. The van der Waals surface area contributed by atoms with Crippen LogP contribution in [0.2, 0.25) is 0 Å². The van der Waals surface area contributed by atoms with Gasteiger partial charge in [0.2, 0.25) is 0 Å². The number of likely N-dealkylation sites (N-methyl/N-ethyl adjacent to an activating group) is 1. The van der Waals surface area contributed by atoms with Gasteiger partial charge in [-0.05, 0) is 37.1 Å². The molecule has 0 fully saturated rings. The van der Waals surface area contributed by atoms with E-state index >= 15 is 0 Å². The maximum atomic E-state index is 13.0. The third kappa shape index (κ3) is 5.33. The molecule has 4 nitrogen and oxygen atoms in total. The van der Waals surface area contributed by atoms with E-state index in [4.69, 9.17) is 0 Å². The molecule has 0 aliphatic carbocycles. The summed E-state index contributed by atoms with van der Waals surface area (Å²) in [6.07, 6.45) is -2.08. The topological polar surface area (TPSA) is 49.7 Å². The first-order valence-electron chi connectivity index (χ1n) is 8.15. The van der Waals surface area contributed by atoms with Crippen molar-refractivity contribution >= 4 is 29.2 Å². The molecule has 8 heteroatoms. The lowest BCUT2D eigenvalue weighted by molar-refractivity contribution is -0.125. The number of hydrogen-bond donors (Lipinski definition) is 0. The number of halogens is 3. The van der Waals surface area contributed by atoms with Crippen LogP contribution in [0.5, 0.6) is 0 Å². The van der Waals surface area contributed by atoms with Crippen LogP contribution in [-0.4, -0.2) is 47.6 Å². The number of nitrogens with zero attached hydrogens (tertiary/aromatic N) is 2. The zero-order valence-electron chi connectivity index (χ0n) is 15.5. The molecular formula is C18H23F3N2O2S. The van der Waals surface area contributed by atoms with Crippen LogP contribution in [0.25, 0.3) is 0 Å². The van der Waals surface area contributed by atoms with Crippen molar-refractivity contribution in [2.24, 2.45) is 5.10 Å². The van der Waals surface area contributed by atoms with Gasteiger partial charge >= 0.3 is 12.1 Å². The summed E-state index contributed by atoms with van der Waals surface area (Å²) in [4.78, 5) is 25.1. The summed E-state index contributed by atoms with van der Waals surface area (Å²) in [6.45, 7) is 5.61. The van der Waals surface area contributed by atoms with E-state index in [1.165, 1.54) is 6.26 Å². The highest BCUT2D eigenvalue weighted by atomic mass is 32.2. The van der Waals surface area contributed by atoms with Gasteiger partial charge in [0.15, 0.2) is 5.71 Å². The van der Waals surface area contributed by atoms with Crippen molar-refractivity contribution in [2.45, 2.75) is 39.8 Å². The second kappa shape index (κ2) is 9.21. The second-order valence-electron chi connectivity index (χ2n) is 5.80. The third-order valence-corrected chi connectivity index (χ3v) is 4.36. The number of Topliss-reactive ketones (excluding diaryl/α,β-unsaturated/α-hetero) is 1. The molecular weight excluding hydrogens is 365 g/mol. The molecule has 0 aliphatic heterocycles. The zero-order valence-corrected chi connectivity index (χ0v) is 16.3. The Labute approximate surface area is 155 Å². The summed E-state index contributed by atoms with van der Waals surface area (Å²) in [6, 6.07) is 3.63. The van der Waals surface area contributed by atoms with Crippen LogP contribution in [-0.2, 0) is 17.6 Å². The van der Waals surface area contributed by atoms with E-state index in [2.05, 4.69) is 5.10 Å². The average Bonchev–Trinajstić information content (AvgIpc) is 2.58. The minimum Gasteiger partial charge on any atom is -0.283 e. The van der Waals surface area contributed by atoms with Crippen LogP contribution in [0.15, 0.2) is 17.2 Å². The number of ketones is 1. The van der Waals surface area contributed by atoms with Gasteiger partial charge in [-0.2, -0.15) is 30.0 Å². The smallest absolute Gasteiger partial charge is 0.283 e. The van der Waals surface area contributed by atoms with Gasteiger partial charge in [0.05, 0.1) is 0 Å². The molecule has 26 heavy (non-hydrogen) atoms. The first-order valence-corrected chi connectivity index (χ1v) is 9.54. The van der Waals surface area contributed by atoms with Gasteiger partial charge in [0, 0.05) is 18.4 Å². The van der Waals surface area contributed by atoms with Crippen molar-refractivity contribution in [3.8, 4) is 0 Å². The molecule has 144 valence electrons. The number of carbonyl (C=O) groups is 2. The molecule has 0 aromatic heterocycles. The number of aryl methyl sites for hydroxylation is 3. The second-order valence-corrected chi connectivity index (χ2v) is 6.67. The van der Waals surface area contributed by atoms with E-state index < -0.39 is 29.3 Å². The average molecular weight is 388 g/mol. The molecule has 0 saturated carbocycles. The zero-order chi connectivity index (χ0) is 20.1. The van der Waals surface area contributed by atoms with Crippen LogP contribution in [0, 0.1) is 6.92 Å². The van der Waals surface area contributed by atoms with Crippen molar-refractivity contribution in [2.75, 3.05) is 19.1 Å². The maximum Gasteiger partial charge on any atom is 0.432 e. The van der Waals surface area contributed by atoms with Gasteiger partial charge in [-0.15, -0.1) is 0 Å². The highest BCUT2D eigenvalue weighted by Crippen LogP contribution is 2.22. The summed E-state index contributed by atoms with van der Waals surface area (Å²) in [5.74, 6) is -2.32. The maximum absolute atomic E-state index is 13.0. The minimum atomic E-state index is -4.66. The lowest BCUT2D eigenvalue weighted by Crippen LogP contribution is -2.35. The number of carbonyl (C=O) groups excluding carboxylic acids is 2. The molecule has 0 radical (unpaired) electrons. The van der Waals surface area contributed by atoms with Crippen LogP contribution in [0.3, 0.4) is 0 Å². The van der Waals surface area contributed by atoms with Gasteiger partial charge in [0.25, 0.3) is 5.78 Å². The first-order chi connectivity index (χ1) is 12.1. The number of hydrogen-bond acceptors (Lipinski definition) is 4. The summed E-state index contributed by atoms with van der Waals surface area (Å²) < 4.78 is 38.9. The number of hydrazone groups is 1. The minimum absolute atomic E-state index is 0.270. The highest BCUT2D eigenvalue weighted by molar-refractivity contribution is 7.99. The predicted molar refractivity (Wildman–Crippen MR) is 98.9 cm³/mol. The molecule has 0 saturated heterocycles. The van der Waals surface area contributed by atoms with Gasteiger partial charge in [-0.25, -0.2) is 5.01 Å². The molecule has 0 unspecified atom stereocenters. The molecule has 1 aromatic rings. The van der Waals surface area contributed by atoms with Crippen LogP contribution in [0.1, 0.15) is 40.9 Å². The summed E-state index contributed by atoms with van der Waals surface area (Å²) in [5, 5.41) is 3.83.